The molecule has 19 heavy (non-hydrogen) atoms. The Balaban J connectivity index is 2.26. The van der Waals surface area contributed by atoms with Gasteiger partial charge in [0.25, 0.3) is 0 Å². The number of aromatic carboxylic acids is 1. The predicted octanol–water partition coefficient (Wildman–Crippen LogP) is 2.91. The lowest BCUT2D eigenvalue weighted by atomic mass is 10.2. The predicted molar refractivity (Wildman–Crippen MR) is 64.2 cm³/mol. The lowest BCUT2D eigenvalue weighted by Crippen LogP contribution is -2.03. The van der Waals surface area contributed by atoms with E-state index in [0.717, 1.165) is 23.9 Å². The minimum atomic E-state index is -1.11. The van der Waals surface area contributed by atoms with Gasteiger partial charge in [0.15, 0.2) is 16.8 Å². The number of benzene rings is 1. The molecule has 2 aromatic rings. The van der Waals surface area contributed by atoms with Crippen LogP contribution < -0.4 is 0 Å². The molecule has 4 nitrogen and oxygen atoms in total. The van der Waals surface area contributed by atoms with Gasteiger partial charge in [-0.2, -0.15) is 0 Å². The number of hydrogen-bond donors (Lipinski definition) is 1. The first kappa shape index (κ1) is 13.4. The van der Waals surface area contributed by atoms with Gasteiger partial charge in [-0.3, -0.25) is 0 Å². The SMILES string of the molecule is Cc1nc(Sc2ccc(F)c(F)c2)ncc1C(=O)O. The van der Waals surface area contributed by atoms with Crippen molar-refractivity contribution in [3.63, 3.8) is 0 Å². The second-order valence-electron chi connectivity index (χ2n) is 3.63. The van der Waals surface area contributed by atoms with Gasteiger partial charge in [-0.05, 0) is 36.9 Å². The summed E-state index contributed by atoms with van der Waals surface area (Å²) in [4.78, 5) is 19.1. The maximum Gasteiger partial charge on any atom is 0.339 e. The van der Waals surface area contributed by atoms with Gasteiger partial charge in [-0.15, -0.1) is 0 Å². The molecule has 0 saturated carbocycles. The molecule has 1 aromatic carbocycles. The van der Waals surface area contributed by atoms with Gasteiger partial charge in [0.2, 0.25) is 0 Å². The molecule has 0 bridgehead atoms. The van der Waals surface area contributed by atoms with Crippen LogP contribution in [0.25, 0.3) is 0 Å². The van der Waals surface area contributed by atoms with E-state index in [-0.39, 0.29) is 10.7 Å². The molecule has 0 saturated heterocycles. The Bertz CT molecular complexity index is 650. The Morgan fingerprint density at radius 2 is 2.05 bits per heavy atom. The number of nitrogens with zero attached hydrogens (tertiary/aromatic N) is 2. The Morgan fingerprint density at radius 1 is 1.32 bits per heavy atom. The number of carboxylic acid groups (broad SMARTS) is 1. The van der Waals surface area contributed by atoms with E-state index in [1.807, 2.05) is 0 Å². The van der Waals surface area contributed by atoms with Gasteiger partial charge in [-0.1, -0.05) is 0 Å². The van der Waals surface area contributed by atoms with E-state index in [4.69, 9.17) is 5.11 Å². The summed E-state index contributed by atoms with van der Waals surface area (Å²) < 4.78 is 25.8. The van der Waals surface area contributed by atoms with Crippen molar-refractivity contribution in [2.75, 3.05) is 0 Å². The van der Waals surface area contributed by atoms with Crippen LogP contribution in [0, 0.1) is 18.6 Å². The summed E-state index contributed by atoms with van der Waals surface area (Å²) in [6, 6.07) is 3.44. The highest BCUT2D eigenvalue weighted by molar-refractivity contribution is 7.99. The van der Waals surface area contributed by atoms with E-state index in [1.54, 1.807) is 6.92 Å². The van der Waals surface area contributed by atoms with Gasteiger partial charge in [0, 0.05) is 11.1 Å². The van der Waals surface area contributed by atoms with E-state index >= 15 is 0 Å². The van der Waals surface area contributed by atoms with Crippen molar-refractivity contribution in [1.82, 2.24) is 9.97 Å². The van der Waals surface area contributed by atoms with Crippen molar-refractivity contribution in [1.29, 1.82) is 0 Å². The van der Waals surface area contributed by atoms with E-state index in [9.17, 15) is 13.6 Å². The molecule has 7 heteroatoms. The molecule has 98 valence electrons. The van der Waals surface area contributed by atoms with Crippen molar-refractivity contribution >= 4 is 17.7 Å². The molecule has 1 heterocycles. The molecule has 0 unspecified atom stereocenters. The largest absolute Gasteiger partial charge is 0.478 e. The van der Waals surface area contributed by atoms with Crippen LogP contribution in [0.5, 0.6) is 0 Å². The lowest BCUT2D eigenvalue weighted by Gasteiger charge is -2.03. The van der Waals surface area contributed by atoms with Gasteiger partial charge < -0.3 is 5.11 Å². The molecule has 0 spiro atoms. The Labute approximate surface area is 111 Å². The Hall–Kier alpha value is -2.02. The highest BCUT2D eigenvalue weighted by atomic mass is 32.2. The normalized spacial score (nSPS) is 10.5. The smallest absolute Gasteiger partial charge is 0.339 e. The van der Waals surface area contributed by atoms with E-state index in [0.29, 0.717) is 10.6 Å². The van der Waals surface area contributed by atoms with Crippen LogP contribution in [0.3, 0.4) is 0 Å². The molecule has 2 rings (SSSR count). The van der Waals surface area contributed by atoms with Crippen molar-refractivity contribution in [2.45, 2.75) is 17.0 Å². The Morgan fingerprint density at radius 3 is 2.63 bits per heavy atom. The molecular formula is C12H8F2N2O2S. The number of carbonyl (C=O) groups is 1. The summed E-state index contributed by atoms with van der Waals surface area (Å²) >= 11 is 1.02. The fourth-order valence-corrected chi connectivity index (χ4v) is 2.15. The van der Waals surface area contributed by atoms with Crippen LogP contribution in [0.4, 0.5) is 8.78 Å². The van der Waals surface area contributed by atoms with Crippen LogP contribution in [-0.4, -0.2) is 21.0 Å². The van der Waals surface area contributed by atoms with Crippen LogP contribution in [0.15, 0.2) is 34.4 Å². The summed E-state index contributed by atoms with van der Waals surface area (Å²) in [6.07, 6.45) is 1.19. The van der Waals surface area contributed by atoms with Gasteiger partial charge in [-0.25, -0.2) is 23.5 Å². The third kappa shape index (κ3) is 3.05. The van der Waals surface area contributed by atoms with Crippen LogP contribution in [-0.2, 0) is 0 Å². The molecule has 0 aliphatic rings. The first-order valence-electron chi connectivity index (χ1n) is 5.17. The van der Waals surface area contributed by atoms with Crippen LogP contribution in [0.2, 0.25) is 0 Å². The van der Waals surface area contributed by atoms with Crippen molar-refractivity contribution < 1.29 is 18.7 Å². The average Bonchev–Trinajstić information content (AvgIpc) is 2.33. The molecule has 0 atom stereocenters. The minimum absolute atomic E-state index is 0.00892. The number of hydrogen-bond acceptors (Lipinski definition) is 4. The van der Waals surface area contributed by atoms with E-state index in [1.165, 1.54) is 12.3 Å². The Kier molecular flexibility index (Phi) is 3.75. The summed E-state index contributed by atoms with van der Waals surface area (Å²) in [5, 5.41) is 9.11. The zero-order chi connectivity index (χ0) is 14.0. The summed E-state index contributed by atoms with van der Waals surface area (Å²) in [6.45, 7) is 1.54. The zero-order valence-electron chi connectivity index (χ0n) is 9.72. The van der Waals surface area contributed by atoms with Crippen LogP contribution >= 0.6 is 11.8 Å². The first-order chi connectivity index (χ1) is 8.97. The number of aromatic nitrogens is 2. The van der Waals surface area contributed by atoms with E-state index in [2.05, 4.69) is 9.97 Å². The number of rotatable bonds is 3. The number of halogens is 2. The van der Waals surface area contributed by atoms with Crippen molar-refractivity contribution in [2.24, 2.45) is 0 Å². The van der Waals surface area contributed by atoms with Gasteiger partial charge in [0.05, 0.1) is 11.3 Å². The number of carboxylic acids is 1. The standard InChI is InChI=1S/C12H8F2N2O2S/c1-6-8(11(17)18)5-15-12(16-6)19-7-2-3-9(13)10(14)4-7/h2-5H,1H3,(H,17,18). The third-order valence-electron chi connectivity index (χ3n) is 2.29. The molecular weight excluding hydrogens is 274 g/mol. The maximum atomic E-state index is 13.0. The second kappa shape index (κ2) is 5.31. The number of aryl methyl sites for hydroxylation is 1. The highest BCUT2D eigenvalue weighted by Crippen LogP contribution is 2.26. The van der Waals surface area contributed by atoms with Crippen molar-refractivity contribution in [3.05, 3.63) is 47.3 Å². The average molecular weight is 282 g/mol. The zero-order valence-corrected chi connectivity index (χ0v) is 10.5. The molecule has 0 amide bonds. The highest BCUT2D eigenvalue weighted by Gasteiger charge is 2.11. The molecule has 0 radical (unpaired) electrons. The quantitative estimate of drug-likeness (QED) is 0.877. The monoisotopic (exact) mass is 282 g/mol. The molecule has 1 N–H and O–H groups in total. The van der Waals surface area contributed by atoms with Crippen LogP contribution in [0.1, 0.15) is 16.1 Å². The minimum Gasteiger partial charge on any atom is -0.478 e. The molecule has 1 aromatic heterocycles. The molecule has 0 aliphatic heterocycles. The second-order valence-corrected chi connectivity index (χ2v) is 4.68. The van der Waals surface area contributed by atoms with Gasteiger partial charge >= 0.3 is 5.97 Å². The lowest BCUT2D eigenvalue weighted by molar-refractivity contribution is 0.0695. The third-order valence-corrected chi connectivity index (χ3v) is 3.16. The fourth-order valence-electron chi connectivity index (χ4n) is 1.35. The fraction of sp³-hybridized carbons (Fsp3) is 0.0833. The topological polar surface area (TPSA) is 63.1 Å². The van der Waals surface area contributed by atoms with E-state index < -0.39 is 17.6 Å². The van der Waals surface area contributed by atoms with Gasteiger partial charge in [0.1, 0.15) is 0 Å². The summed E-state index contributed by atoms with van der Waals surface area (Å²) in [5.41, 5.74) is 0.322. The van der Waals surface area contributed by atoms with Crippen molar-refractivity contribution in [3.8, 4) is 0 Å². The maximum absolute atomic E-state index is 13.0. The molecule has 0 aliphatic carbocycles. The first-order valence-corrected chi connectivity index (χ1v) is 5.99. The summed E-state index contributed by atoms with van der Waals surface area (Å²) in [7, 11) is 0. The summed E-state index contributed by atoms with van der Waals surface area (Å²) in [5.74, 6) is -2.99. The molecule has 0 fully saturated rings.